The second-order valence-electron chi connectivity index (χ2n) is 4.29. The highest BCUT2D eigenvalue weighted by Gasteiger charge is 2.05. The van der Waals surface area contributed by atoms with Crippen molar-refractivity contribution >= 4 is 0 Å². The van der Waals surface area contributed by atoms with E-state index in [0.29, 0.717) is 18.3 Å². The molecule has 1 heterocycles. The van der Waals surface area contributed by atoms with Gasteiger partial charge in [0.15, 0.2) is 0 Å². The maximum Gasteiger partial charge on any atom is 0.147 e. The average Bonchev–Trinajstić information content (AvgIpc) is 2.79. The van der Waals surface area contributed by atoms with E-state index in [4.69, 9.17) is 0 Å². The van der Waals surface area contributed by atoms with Crippen LogP contribution in [0.1, 0.15) is 19.4 Å². The van der Waals surface area contributed by atoms with Crippen molar-refractivity contribution in [2.45, 2.75) is 26.4 Å². The van der Waals surface area contributed by atoms with Crippen molar-refractivity contribution in [3.8, 4) is 5.69 Å². The van der Waals surface area contributed by atoms with Crippen molar-refractivity contribution in [3.05, 3.63) is 48.3 Å². The van der Waals surface area contributed by atoms with E-state index in [1.165, 1.54) is 0 Å². The van der Waals surface area contributed by atoms with E-state index < -0.39 is 0 Å². The molecule has 2 aromatic rings. The molecule has 1 aromatic heterocycles. The fourth-order valence-corrected chi connectivity index (χ4v) is 1.59. The van der Waals surface area contributed by atoms with Crippen molar-refractivity contribution in [2.75, 3.05) is 0 Å². The second kappa shape index (κ2) is 5.10. The molecule has 0 aliphatic heterocycles. The molecule has 0 amide bonds. The predicted octanol–water partition coefficient (Wildman–Crippen LogP) is 2.51. The summed E-state index contributed by atoms with van der Waals surface area (Å²) in [5.41, 5.74) is 1.47. The Balaban J connectivity index is 2.17. The van der Waals surface area contributed by atoms with Gasteiger partial charge in [-0.25, -0.2) is 9.37 Å². The van der Waals surface area contributed by atoms with Crippen molar-refractivity contribution in [1.82, 2.24) is 14.9 Å². The number of hydrogen-bond donors (Lipinski definition) is 1. The zero-order valence-corrected chi connectivity index (χ0v) is 10.0. The molecule has 0 saturated carbocycles. The summed E-state index contributed by atoms with van der Waals surface area (Å²) >= 11 is 0. The van der Waals surface area contributed by atoms with Gasteiger partial charge in [0.2, 0.25) is 0 Å². The lowest BCUT2D eigenvalue weighted by Gasteiger charge is -2.10. The quantitative estimate of drug-likeness (QED) is 0.879. The Hall–Kier alpha value is -1.68. The van der Waals surface area contributed by atoms with Crippen LogP contribution in [-0.2, 0) is 6.54 Å². The first-order valence-electron chi connectivity index (χ1n) is 5.67. The summed E-state index contributed by atoms with van der Waals surface area (Å²) in [6, 6.07) is 5.65. The largest absolute Gasteiger partial charge is 0.310 e. The lowest BCUT2D eigenvalue weighted by molar-refractivity contribution is 0.579. The van der Waals surface area contributed by atoms with Gasteiger partial charge >= 0.3 is 0 Å². The van der Waals surface area contributed by atoms with Gasteiger partial charge in [-0.1, -0.05) is 19.9 Å². The third-order valence-electron chi connectivity index (χ3n) is 2.51. The molecule has 1 aromatic carbocycles. The van der Waals surface area contributed by atoms with Crippen LogP contribution in [0.2, 0.25) is 0 Å². The van der Waals surface area contributed by atoms with Gasteiger partial charge in [-0.05, 0) is 17.7 Å². The van der Waals surface area contributed by atoms with Crippen LogP contribution in [0.5, 0.6) is 0 Å². The highest BCUT2D eigenvalue weighted by atomic mass is 19.1. The number of benzene rings is 1. The molecule has 0 spiro atoms. The van der Waals surface area contributed by atoms with Crippen LogP contribution in [0.4, 0.5) is 4.39 Å². The molecule has 0 bridgehead atoms. The van der Waals surface area contributed by atoms with E-state index in [1.54, 1.807) is 35.4 Å². The standard InChI is InChI=1S/C13H16FN3/c1-10(2)16-8-11-3-4-13(12(14)7-11)17-6-5-15-9-17/h3-7,9-10,16H,8H2,1-2H3. The van der Waals surface area contributed by atoms with Crippen LogP contribution in [-0.4, -0.2) is 15.6 Å². The summed E-state index contributed by atoms with van der Waals surface area (Å²) < 4.78 is 15.5. The maximum atomic E-state index is 13.9. The molecule has 1 N–H and O–H groups in total. The lowest BCUT2D eigenvalue weighted by Crippen LogP contribution is -2.21. The first-order chi connectivity index (χ1) is 8.16. The molecule has 0 saturated heterocycles. The molecule has 0 aliphatic rings. The number of halogens is 1. The first kappa shape index (κ1) is 11.8. The minimum Gasteiger partial charge on any atom is -0.310 e. The monoisotopic (exact) mass is 233 g/mol. The van der Waals surface area contributed by atoms with Crippen LogP contribution in [0.25, 0.3) is 5.69 Å². The van der Waals surface area contributed by atoms with Crippen LogP contribution < -0.4 is 5.32 Å². The lowest BCUT2D eigenvalue weighted by atomic mass is 10.2. The Morgan fingerprint density at radius 3 is 2.82 bits per heavy atom. The number of nitrogens with zero attached hydrogens (tertiary/aromatic N) is 2. The second-order valence-corrected chi connectivity index (χ2v) is 4.29. The Kier molecular flexibility index (Phi) is 3.54. The Morgan fingerprint density at radius 2 is 2.24 bits per heavy atom. The molecule has 0 atom stereocenters. The fraction of sp³-hybridized carbons (Fsp3) is 0.308. The normalized spacial score (nSPS) is 11.1. The summed E-state index contributed by atoms with van der Waals surface area (Å²) in [7, 11) is 0. The van der Waals surface area contributed by atoms with Gasteiger partial charge in [-0.3, -0.25) is 0 Å². The molecule has 0 aliphatic carbocycles. The number of aromatic nitrogens is 2. The van der Waals surface area contributed by atoms with Gasteiger partial charge in [-0.15, -0.1) is 0 Å². The Bertz CT molecular complexity index is 477. The summed E-state index contributed by atoms with van der Waals surface area (Å²) in [5, 5.41) is 3.26. The van der Waals surface area contributed by atoms with Crippen molar-refractivity contribution < 1.29 is 4.39 Å². The molecule has 0 radical (unpaired) electrons. The van der Waals surface area contributed by atoms with Gasteiger partial charge in [0.25, 0.3) is 0 Å². The predicted molar refractivity (Wildman–Crippen MR) is 65.5 cm³/mol. The Labute approximate surface area is 100 Å². The molecule has 0 unspecified atom stereocenters. The number of imidazole rings is 1. The van der Waals surface area contributed by atoms with E-state index in [9.17, 15) is 4.39 Å². The number of nitrogens with one attached hydrogen (secondary N) is 1. The molecule has 4 heteroatoms. The molecule has 90 valence electrons. The third kappa shape index (κ3) is 2.91. The summed E-state index contributed by atoms with van der Waals surface area (Å²) in [6.45, 7) is 4.81. The minimum absolute atomic E-state index is 0.231. The van der Waals surface area contributed by atoms with E-state index in [2.05, 4.69) is 24.1 Å². The summed E-state index contributed by atoms with van der Waals surface area (Å²) in [4.78, 5) is 3.91. The molecule has 0 fully saturated rings. The zero-order chi connectivity index (χ0) is 12.3. The van der Waals surface area contributed by atoms with Crippen molar-refractivity contribution in [1.29, 1.82) is 0 Å². The zero-order valence-electron chi connectivity index (χ0n) is 10.0. The summed E-state index contributed by atoms with van der Waals surface area (Å²) in [6.07, 6.45) is 4.95. The average molecular weight is 233 g/mol. The van der Waals surface area contributed by atoms with Crippen LogP contribution in [0, 0.1) is 5.82 Å². The van der Waals surface area contributed by atoms with Gasteiger partial charge in [0, 0.05) is 25.0 Å². The van der Waals surface area contributed by atoms with Crippen LogP contribution in [0.3, 0.4) is 0 Å². The third-order valence-corrected chi connectivity index (χ3v) is 2.51. The van der Waals surface area contributed by atoms with Crippen molar-refractivity contribution in [2.24, 2.45) is 0 Å². The molecular weight excluding hydrogens is 217 g/mol. The van der Waals surface area contributed by atoms with Gasteiger partial charge in [0.1, 0.15) is 5.82 Å². The summed E-state index contributed by atoms with van der Waals surface area (Å²) in [5.74, 6) is -0.231. The minimum atomic E-state index is -0.231. The van der Waals surface area contributed by atoms with Gasteiger partial charge in [0.05, 0.1) is 12.0 Å². The highest BCUT2D eigenvalue weighted by Crippen LogP contribution is 2.14. The van der Waals surface area contributed by atoms with Crippen molar-refractivity contribution in [3.63, 3.8) is 0 Å². The highest BCUT2D eigenvalue weighted by molar-refractivity contribution is 5.36. The van der Waals surface area contributed by atoms with Gasteiger partial charge in [-0.2, -0.15) is 0 Å². The molecule has 3 nitrogen and oxygen atoms in total. The molecular formula is C13H16FN3. The van der Waals surface area contributed by atoms with E-state index in [1.807, 2.05) is 6.07 Å². The SMILES string of the molecule is CC(C)NCc1ccc(-n2ccnc2)c(F)c1. The molecule has 17 heavy (non-hydrogen) atoms. The number of hydrogen-bond acceptors (Lipinski definition) is 2. The van der Waals surface area contributed by atoms with Gasteiger partial charge < -0.3 is 9.88 Å². The Morgan fingerprint density at radius 1 is 1.41 bits per heavy atom. The topological polar surface area (TPSA) is 29.9 Å². The fourth-order valence-electron chi connectivity index (χ4n) is 1.59. The first-order valence-corrected chi connectivity index (χ1v) is 5.67. The van der Waals surface area contributed by atoms with E-state index in [-0.39, 0.29) is 5.82 Å². The maximum absolute atomic E-state index is 13.9. The molecule has 2 rings (SSSR count). The van der Waals surface area contributed by atoms with E-state index in [0.717, 1.165) is 5.56 Å². The smallest absolute Gasteiger partial charge is 0.147 e. The van der Waals surface area contributed by atoms with Crippen LogP contribution >= 0.6 is 0 Å². The van der Waals surface area contributed by atoms with E-state index >= 15 is 0 Å². The van der Waals surface area contributed by atoms with Crippen LogP contribution in [0.15, 0.2) is 36.9 Å². The number of rotatable bonds is 4.